The summed E-state index contributed by atoms with van der Waals surface area (Å²) in [6.45, 7) is 6.99. The fourth-order valence-electron chi connectivity index (χ4n) is 3.57. The van der Waals surface area contributed by atoms with Gasteiger partial charge in [-0.25, -0.2) is 0 Å². The summed E-state index contributed by atoms with van der Waals surface area (Å²) in [7, 11) is 2.07. The zero-order chi connectivity index (χ0) is 12.5. The van der Waals surface area contributed by atoms with Crippen molar-refractivity contribution in [2.24, 2.45) is 11.3 Å². The Morgan fingerprint density at radius 1 is 1.24 bits per heavy atom. The highest BCUT2D eigenvalue weighted by Crippen LogP contribution is 2.44. The summed E-state index contributed by atoms with van der Waals surface area (Å²) < 4.78 is 6.37. The van der Waals surface area contributed by atoms with E-state index in [2.05, 4.69) is 33.1 Å². The molecule has 2 saturated carbocycles. The molecular weight excluding hydrogens is 210 g/mol. The van der Waals surface area contributed by atoms with Crippen LogP contribution in [0.3, 0.4) is 0 Å². The third kappa shape index (κ3) is 2.68. The Morgan fingerprint density at radius 2 is 2.00 bits per heavy atom. The van der Waals surface area contributed by atoms with E-state index < -0.39 is 0 Å². The third-order valence-electron chi connectivity index (χ3n) is 5.19. The van der Waals surface area contributed by atoms with Gasteiger partial charge in [-0.2, -0.15) is 0 Å². The molecule has 4 unspecified atom stereocenters. The second-order valence-electron chi connectivity index (χ2n) is 6.59. The molecule has 4 atom stereocenters. The first kappa shape index (κ1) is 13.4. The molecular formula is C15H29NO. The van der Waals surface area contributed by atoms with E-state index in [0.29, 0.717) is 23.7 Å². The highest BCUT2D eigenvalue weighted by atomic mass is 16.5. The molecule has 2 aliphatic rings. The lowest BCUT2D eigenvalue weighted by Gasteiger charge is -2.53. The number of nitrogens with one attached hydrogen (secondary N) is 1. The monoisotopic (exact) mass is 239 g/mol. The maximum atomic E-state index is 6.37. The fourth-order valence-corrected chi connectivity index (χ4v) is 3.57. The van der Waals surface area contributed by atoms with Crippen molar-refractivity contribution in [2.45, 2.75) is 77.5 Å². The summed E-state index contributed by atoms with van der Waals surface area (Å²) in [5, 5.41) is 3.40. The van der Waals surface area contributed by atoms with E-state index in [0.717, 1.165) is 5.92 Å². The van der Waals surface area contributed by atoms with Gasteiger partial charge in [-0.05, 0) is 32.2 Å². The van der Waals surface area contributed by atoms with Gasteiger partial charge in [0.1, 0.15) is 0 Å². The summed E-state index contributed by atoms with van der Waals surface area (Å²) in [5.74, 6) is 0.914. The topological polar surface area (TPSA) is 21.3 Å². The molecule has 0 aromatic heterocycles. The summed E-state index contributed by atoms with van der Waals surface area (Å²) in [4.78, 5) is 0. The molecule has 0 heterocycles. The molecule has 0 aromatic rings. The van der Waals surface area contributed by atoms with Crippen molar-refractivity contribution in [1.82, 2.24) is 5.32 Å². The number of rotatable bonds is 4. The van der Waals surface area contributed by atoms with E-state index in [4.69, 9.17) is 4.74 Å². The van der Waals surface area contributed by atoms with Crippen molar-refractivity contribution in [3.05, 3.63) is 0 Å². The van der Waals surface area contributed by atoms with E-state index in [1.165, 1.54) is 38.5 Å². The Morgan fingerprint density at radius 3 is 2.59 bits per heavy atom. The lowest BCUT2D eigenvalue weighted by Crippen LogP contribution is -2.60. The summed E-state index contributed by atoms with van der Waals surface area (Å²) in [6, 6.07) is 0.637. The Bertz CT molecular complexity index is 251. The zero-order valence-corrected chi connectivity index (χ0v) is 12.0. The Balaban J connectivity index is 1.82. The molecule has 0 amide bonds. The molecule has 0 aromatic carbocycles. The van der Waals surface area contributed by atoms with E-state index in [9.17, 15) is 0 Å². The minimum absolute atomic E-state index is 0.313. The molecule has 0 saturated heterocycles. The second kappa shape index (κ2) is 5.27. The molecule has 2 aliphatic carbocycles. The number of ether oxygens (including phenoxy) is 1. The van der Waals surface area contributed by atoms with Crippen molar-refractivity contribution in [3.8, 4) is 0 Å². The van der Waals surface area contributed by atoms with Crippen molar-refractivity contribution in [3.63, 3.8) is 0 Å². The first-order chi connectivity index (χ1) is 8.07. The summed E-state index contributed by atoms with van der Waals surface area (Å²) >= 11 is 0. The summed E-state index contributed by atoms with van der Waals surface area (Å²) in [5.41, 5.74) is 0.313. The molecule has 2 fully saturated rings. The molecule has 0 radical (unpaired) electrons. The van der Waals surface area contributed by atoms with Crippen molar-refractivity contribution in [1.29, 1.82) is 0 Å². The molecule has 2 nitrogen and oxygen atoms in total. The van der Waals surface area contributed by atoms with Gasteiger partial charge in [-0.1, -0.05) is 40.0 Å². The summed E-state index contributed by atoms with van der Waals surface area (Å²) in [6.07, 6.45) is 8.90. The molecule has 1 N–H and O–H groups in total. The smallest absolute Gasteiger partial charge is 0.0659 e. The predicted molar refractivity (Wildman–Crippen MR) is 72.2 cm³/mol. The van der Waals surface area contributed by atoms with Crippen molar-refractivity contribution < 1.29 is 4.74 Å². The Kier molecular flexibility index (Phi) is 4.14. The van der Waals surface area contributed by atoms with Gasteiger partial charge in [0.05, 0.1) is 12.2 Å². The lowest BCUT2D eigenvalue weighted by atomic mass is 9.64. The van der Waals surface area contributed by atoms with E-state index in [-0.39, 0.29) is 0 Å². The quantitative estimate of drug-likeness (QED) is 0.812. The molecule has 0 bridgehead atoms. The average Bonchev–Trinajstić information content (AvgIpc) is 2.34. The normalized spacial score (nSPS) is 40.9. The maximum Gasteiger partial charge on any atom is 0.0659 e. The van der Waals surface area contributed by atoms with Crippen LogP contribution in [0.25, 0.3) is 0 Å². The van der Waals surface area contributed by atoms with Gasteiger partial charge in [0.15, 0.2) is 0 Å². The van der Waals surface area contributed by atoms with Crippen molar-refractivity contribution >= 4 is 0 Å². The number of hydrogen-bond donors (Lipinski definition) is 1. The molecule has 2 rings (SSSR count). The SMILES string of the molecule is CCC1CCCC(OC2CC(NC)C2(C)C)C1. The van der Waals surface area contributed by atoms with Crippen LogP contribution in [0, 0.1) is 11.3 Å². The maximum absolute atomic E-state index is 6.37. The first-order valence-corrected chi connectivity index (χ1v) is 7.40. The number of hydrogen-bond acceptors (Lipinski definition) is 2. The standard InChI is InChI=1S/C15H29NO/c1-5-11-7-6-8-12(9-11)17-14-10-13(16-4)15(14,2)3/h11-14,16H,5-10H2,1-4H3. The largest absolute Gasteiger partial charge is 0.374 e. The van der Waals surface area contributed by atoms with Gasteiger partial charge in [0.25, 0.3) is 0 Å². The molecule has 0 spiro atoms. The zero-order valence-electron chi connectivity index (χ0n) is 12.0. The average molecular weight is 239 g/mol. The first-order valence-electron chi connectivity index (χ1n) is 7.40. The van der Waals surface area contributed by atoms with Crippen LogP contribution < -0.4 is 5.32 Å². The van der Waals surface area contributed by atoms with Gasteiger partial charge >= 0.3 is 0 Å². The van der Waals surface area contributed by atoms with Crippen LogP contribution in [0.5, 0.6) is 0 Å². The predicted octanol–water partition coefficient (Wildman–Crippen LogP) is 3.36. The van der Waals surface area contributed by atoms with Crippen LogP contribution in [0.4, 0.5) is 0 Å². The molecule has 100 valence electrons. The highest BCUT2D eigenvalue weighted by molar-refractivity contribution is 5.02. The highest BCUT2D eigenvalue weighted by Gasteiger charge is 2.49. The minimum Gasteiger partial charge on any atom is -0.374 e. The van der Waals surface area contributed by atoms with Crippen LogP contribution in [0.2, 0.25) is 0 Å². The van der Waals surface area contributed by atoms with Crippen molar-refractivity contribution in [2.75, 3.05) is 7.05 Å². The van der Waals surface area contributed by atoms with E-state index in [1.54, 1.807) is 0 Å². The Labute approximate surface area is 107 Å². The van der Waals surface area contributed by atoms with Crippen LogP contribution in [0.1, 0.15) is 59.3 Å². The Hall–Kier alpha value is -0.0800. The molecule has 17 heavy (non-hydrogen) atoms. The molecule has 0 aliphatic heterocycles. The van der Waals surface area contributed by atoms with E-state index >= 15 is 0 Å². The second-order valence-corrected chi connectivity index (χ2v) is 6.59. The van der Waals surface area contributed by atoms with Gasteiger partial charge in [-0.3, -0.25) is 0 Å². The van der Waals surface area contributed by atoms with Gasteiger partial charge in [0.2, 0.25) is 0 Å². The van der Waals surface area contributed by atoms with E-state index in [1.807, 2.05) is 0 Å². The van der Waals surface area contributed by atoms with Crippen LogP contribution >= 0.6 is 0 Å². The fraction of sp³-hybridized carbons (Fsp3) is 1.00. The van der Waals surface area contributed by atoms with Crippen LogP contribution in [0.15, 0.2) is 0 Å². The lowest BCUT2D eigenvalue weighted by molar-refractivity contribution is -0.156. The van der Waals surface area contributed by atoms with Crippen LogP contribution in [-0.2, 0) is 4.74 Å². The van der Waals surface area contributed by atoms with Gasteiger partial charge in [-0.15, -0.1) is 0 Å². The van der Waals surface area contributed by atoms with Gasteiger partial charge in [0, 0.05) is 11.5 Å². The third-order valence-corrected chi connectivity index (χ3v) is 5.19. The minimum atomic E-state index is 0.313. The van der Waals surface area contributed by atoms with Gasteiger partial charge < -0.3 is 10.1 Å². The van der Waals surface area contributed by atoms with Crippen LogP contribution in [-0.4, -0.2) is 25.3 Å². The molecule has 2 heteroatoms.